The third kappa shape index (κ3) is 15.8. The monoisotopic (exact) mass is 681 g/mol. The van der Waals surface area contributed by atoms with E-state index in [1.165, 1.54) is 51.4 Å². The lowest BCUT2D eigenvalue weighted by Gasteiger charge is -2.42. The number of hydrogen-bond donors (Lipinski definition) is 1. The fourth-order valence-corrected chi connectivity index (χ4v) is 8.17. The van der Waals surface area contributed by atoms with Crippen LogP contribution in [0, 0.1) is 23.7 Å². The second kappa shape index (κ2) is 20.2. The van der Waals surface area contributed by atoms with E-state index < -0.39 is 28.7 Å². The van der Waals surface area contributed by atoms with Crippen LogP contribution in [0.1, 0.15) is 148 Å². The predicted octanol–water partition coefficient (Wildman–Crippen LogP) is 12.3. The minimum absolute atomic E-state index is 0.0664. The number of unbranched alkanes of at least 4 members (excludes halogenated alkanes) is 7. The zero-order valence-electron chi connectivity index (χ0n) is 33.9. The van der Waals surface area contributed by atoms with Gasteiger partial charge >= 0.3 is 0 Å². The van der Waals surface area contributed by atoms with Crippen molar-refractivity contribution in [2.24, 2.45) is 23.7 Å². The Labute approximate surface area is 290 Å². The van der Waals surface area contributed by atoms with Crippen molar-refractivity contribution in [3.8, 4) is 0 Å². The Morgan fingerprint density at radius 2 is 1.24 bits per heavy atom. The minimum Gasteiger partial charge on any atom is -0.413 e. The van der Waals surface area contributed by atoms with Gasteiger partial charge in [-0.05, 0) is 73.9 Å². The summed E-state index contributed by atoms with van der Waals surface area (Å²) in [6.07, 6.45) is 15.3. The lowest BCUT2D eigenvalue weighted by molar-refractivity contribution is -0.127. The molecule has 46 heavy (non-hydrogen) atoms. The number of Topliss-reactive ketones (excluding diaryl/α,β-unsaturated/α-hetero) is 1. The van der Waals surface area contributed by atoms with Crippen molar-refractivity contribution in [1.82, 2.24) is 0 Å². The van der Waals surface area contributed by atoms with Gasteiger partial charge in [0, 0.05) is 11.8 Å². The second-order valence-electron chi connectivity index (χ2n) is 17.8. The van der Waals surface area contributed by atoms with Crippen LogP contribution in [0.5, 0.6) is 0 Å². The Bertz CT molecular complexity index is 938. The molecule has 0 unspecified atom stereocenters. The van der Waals surface area contributed by atoms with E-state index in [9.17, 15) is 9.90 Å². The first-order valence-electron chi connectivity index (χ1n) is 18.8. The second-order valence-corrected chi connectivity index (χ2v) is 27.4. The zero-order chi connectivity index (χ0) is 36.1. The molecule has 0 fully saturated rings. The molecule has 0 saturated heterocycles. The van der Waals surface area contributed by atoms with E-state index in [1.807, 2.05) is 33.8 Å². The molecule has 4 nitrogen and oxygen atoms in total. The quantitative estimate of drug-likeness (QED) is 0.0702. The van der Waals surface area contributed by atoms with E-state index in [4.69, 9.17) is 8.85 Å². The van der Waals surface area contributed by atoms with Crippen LogP contribution in [0.4, 0.5) is 0 Å². The van der Waals surface area contributed by atoms with Crippen molar-refractivity contribution in [1.29, 1.82) is 0 Å². The summed E-state index contributed by atoms with van der Waals surface area (Å²) in [5, 5.41) is 11.7. The van der Waals surface area contributed by atoms with Gasteiger partial charge in [-0.3, -0.25) is 4.79 Å². The van der Waals surface area contributed by atoms with Gasteiger partial charge in [-0.15, -0.1) is 0 Å². The van der Waals surface area contributed by atoms with Crippen molar-refractivity contribution in [2.45, 2.75) is 196 Å². The van der Waals surface area contributed by atoms with E-state index in [2.05, 4.69) is 94.6 Å². The number of allylic oxidation sites excluding steroid dienone is 1. The first-order chi connectivity index (χ1) is 20.9. The Hall–Kier alpha value is -0.536. The lowest BCUT2D eigenvalue weighted by Crippen LogP contribution is -2.47. The normalized spacial score (nSPS) is 18.2. The van der Waals surface area contributed by atoms with Crippen LogP contribution in [0.3, 0.4) is 0 Å². The fraction of sp³-hybridized carbons (Fsp3) is 0.875. The summed E-state index contributed by atoms with van der Waals surface area (Å²) in [5.41, 5.74) is 1.94. The van der Waals surface area contributed by atoms with Gasteiger partial charge < -0.3 is 14.0 Å². The van der Waals surface area contributed by atoms with Crippen molar-refractivity contribution in [3.05, 3.63) is 23.3 Å². The molecule has 0 radical (unpaired) electrons. The summed E-state index contributed by atoms with van der Waals surface area (Å²) < 4.78 is 13.5. The number of carbonyl (C=O) groups excluding carboxylic acids is 1. The van der Waals surface area contributed by atoms with Crippen LogP contribution in [0.15, 0.2) is 23.3 Å². The van der Waals surface area contributed by atoms with E-state index in [0.29, 0.717) is 12.5 Å². The van der Waals surface area contributed by atoms with Gasteiger partial charge in [-0.25, -0.2) is 0 Å². The van der Waals surface area contributed by atoms with E-state index >= 15 is 0 Å². The van der Waals surface area contributed by atoms with Crippen LogP contribution in [-0.4, -0.2) is 46.3 Å². The Morgan fingerprint density at radius 1 is 0.761 bits per heavy atom. The molecule has 0 aliphatic rings. The molecule has 272 valence electrons. The average Bonchev–Trinajstić information content (AvgIpc) is 2.93. The van der Waals surface area contributed by atoms with Gasteiger partial charge in [0.2, 0.25) is 0 Å². The third-order valence-corrected chi connectivity index (χ3v) is 20.1. The van der Waals surface area contributed by atoms with Crippen LogP contribution in [-0.2, 0) is 13.6 Å². The standard InChI is InChI=1S/C40H80O4Si2/c1-18-19-20-21-22-23-24-25-26-31(3)38(44-46(16,17)40(11,12)13)34(6)28-33(5)37(42)35(7)36(41)32(4)27-30(2)29-43-45(14,15)39(8,9)10/h27-28,31-32,34-35,37-38,42H,18-26,29H2,1-17H3/b30-27+,33-28+/t31-,32+,34-,35-,37-,38+/m0/s1. The van der Waals surface area contributed by atoms with Gasteiger partial charge in [0.25, 0.3) is 0 Å². The highest BCUT2D eigenvalue weighted by Gasteiger charge is 2.41. The summed E-state index contributed by atoms with van der Waals surface area (Å²) in [6, 6.07) is 0. The summed E-state index contributed by atoms with van der Waals surface area (Å²) in [6.45, 7) is 38.1. The number of rotatable bonds is 22. The number of aliphatic hydroxyl groups is 1. The highest BCUT2D eigenvalue weighted by molar-refractivity contribution is 6.74. The molecule has 1 N–H and O–H groups in total. The number of hydrogen-bond acceptors (Lipinski definition) is 4. The molecule has 0 bridgehead atoms. The SMILES string of the molecule is CCCCCCCCCC[C@H](C)[C@@H](O[Si](C)(C)C(C)(C)C)[C@@H](C)/C=C(\C)[C@H](O)[C@@H](C)C(=O)[C@H](C)/C=C(\C)CO[Si](C)(C)C(C)(C)C. The maximum absolute atomic E-state index is 13.5. The van der Waals surface area contributed by atoms with Crippen LogP contribution < -0.4 is 0 Å². The number of ketones is 1. The molecule has 0 aliphatic heterocycles. The van der Waals surface area contributed by atoms with Crippen LogP contribution >= 0.6 is 0 Å². The van der Waals surface area contributed by atoms with Crippen molar-refractivity contribution >= 4 is 22.4 Å². The molecule has 0 aliphatic carbocycles. The molecule has 0 rings (SSSR count). The van der Waals surface area contributed by atoms with Gasteiger partial charge in [-0.1, -0.05) is 145 Å². The molecule has 6 atom stereocenters. The maximum Gasteiger partial charge on any atom is 0.192 e. The lowest BCUT2D eigenvalue weighted by atomic mass is 9.84. The van der Waals surface area contributed by atoms with E-state index in [-0.39, 0.29) is 33.8 Å². The smallest absolute Gasteiger partial charge is 0.192 e. The fourth-order valence-electron chi connectivity index (χ4n) is 5.66. The number of carbonyl (C=O) groups is 1. The van der Waals surface area contributed by atoms with E-state index in [1.54, 1.807) is 0 Å². The molecule has 0 aromatic rings. The summed E-state index contributed by atoms with van der Waals surface area (Å²) >= 11 is 0. The molecule has 0 heterocycles. The topological polar surface area (TPSA) is 55.8 Å². The van der Waals surface area contributed by atoms with E-state index in [0.717, 1.165) is 17.6 Å². The predicted molar refractivity (Wildman–Crippen MR) is 208 cm³/mol. The largest absolute Gasteiger partial charge is 0.413 e. The molecule has 6 heteroatoms. The Morgan fingerprint density at radius 3 is 1.72 bits per heavy atom. The van der Waals surface area contributed by atoms with Gasteiger partial charge in [-0.2, -0.15) is 0 Å². The van der Waals surface area contributed by atoms with Gasteiger partial charge in [0.1, 0.15) is 5.78 Å². The maximum atomic E-state index is 13.5. The average molecular weight is 681 g/mol. The first kappa shape index (κ1) is 45.5. The van der Waals surface area contributed by atoms with Crippen molar-refractivity contribution in [2.75, 3.05) is 6.61 Å². The summed E-state index contributed by atoms with van der Waals surface area (Å²) in [5.74, 6) is -0.137. The zero-order valence-corrected chi connectivity index (χ0v) is 35.9. The van der Waals surface area contributed by atoms with Crippen LogP contribution in [0.25, 0.3) is 0 Å². The molecule has 0 saturated carbocycles. The molecule has 0 amide bonds. The summed E-state index contributed by atoms with van der Waals surface area (Å²) in [7, 11) is -3.86. The van der Waals surface area contributed by atoms with Gasteiger partial charge in [0.05, 0.1) is 18.8 Å². The highest BCUT2D eigenvalue weighted by Crippen LogP contribution is 2.40. The van der Waals surface area contributed by atoms with Crippen molar-refractivity contribution < 1.29 is 18.8 Å². The van der Waals surface area contributed by atoms with Crippen LogP contribution in [0.2, 0.25) is 36.3 Å². The Balaban J connectivity index is 5.62. The first-order valence-corrected chi connectivity index (χ1v) is 24.6. The molecular formula is C40H80O4Si2. The highest BCUT2D eigenvalue weighted by atomic mass is 28.4. The molecular weight excluding hydrogens is 601 g/mol. The molecule has 0 aromatic carbocycles. The van der Waals surface area contributed by atoms with Gasteiger partial charge in [0.15, 0.2) is 16.6 Å². The Kier molecular flexibility index (Phi) is 20.0. The molecule has 0 aromatic heterocycles. The third-order valence-electron chi connectivity index (χ3n) is 11.2. The minimum atomic E-state index is -2.00. The molecule has 0 spiro atoms. The van der Waals surface area contributed by atoms with Crippen molar-refractivity contribution in [3.63, 3.8) is 0 Å². The summed E-state index contributed by atoms with van der Waals surface area (Å²) in [4.78, 5) is 13.5. The number of aliphatic hydroxyl groups excluding tert-OH is 1.